The summed E-state index contributed by atoms with van der Waals surface area (Å²) in [6.07, 6.45) is 2.04. The van der Waals surface area contributed by atoms with Gasteiger partial charge in [0.2, 0.25) is 0 Å². The summed E-state index contributed by atoms with van der Waals surface area (Å²) >= 11 is 0. The van der Waals surface area contributed by atoms with Gasteiger partial charge in [-0.05, 0) is 20.8 Å². The lowest BCUT2D eigenvalue weighted by atomic mass is 10.5. The Labute approximate surface area is 60.0 Å². The van der Waals surface area contributed by atoms with E-state index in [4.69, 9.17) is 9.15 Å². The van der Waals surface area contributed by atoms with Crippen molar-refractivity contribution in [2.75, 3.05) is 0 Å². The molecule has 0 aromatic carbocycles. The summed E-state index contributed by atoms with van der Waals surface area (Å²) in [4.78, 5) is 3.96. The summed E-state index contributed by atoms with van der Waals surface area (Å²) in [5.74, 6) is 0. The maximum Gasteiger partial charge on any atom is 0.393 e. The molecule has 3 heteroatoms. The Balaban J connectivity index is 2.58. The molecular formula is C7H11NO2. The third-order valence-electron chi connectivity index (χ3n) is 0.934. The van der Waals surface area contributed by atoms with Crippen molar-refractivity contribution in [2.45, 2.75) is 26.9 Å². The molecule has 0 aliphatic heterocycles. The van der Waals surface area contributed by atoms with Gasteiger partial charge < -0.3 is 9.15 Å². The van der Waals surface area contributed by atoms with Crippen LogP contribution in [0.3, 0.4) is 0 Å². The molecule has 0 fully saturated rings. The van der Waals surface area contributed by atoms with Gasteiger partial charge in [-0.1, -0.05) is 0 Å². The van der Waals surface area contributed by atoms with Gasteiger partial charge in [-0.2, -0.15) is 4.98 Å². The van der Waals surface area contributed by atoms with Crippen LogP contribution in [0.25, 0.3) is 0 Å². The Kier molecular flexibility index (Phi) is 1.94. The first-order valence-corrected chi connectivity index (χ1v) is 3.27. The molecule has 0 aliphatic rings. The highest BCUT2D eigenvalue weighted by Gasteiger charge is 2.02. The largest absolute Gasteiger partial charge is 0.447 e. The zero-order valence-corrected chi connectivity index (χ0v) is 6.42. The third-order valence-corrected chi connectivity index (χ3v) is 0.934. The molecular weight excluding hydrogens is 130 g/mol. The van der Waals surface area contributed by atoms with Crippen molar-refractivity contribution in [2.24, 2.45) is 0 Å². The number of aromatic nitrogens is 1. The number of nitrogens with zero attached hydrogens (tertiary/aromatic N) is 1. The summed E-state index contributed by atoms with van der Waals surface area (Å²) in [5, 5.41) is 0. The summed E-state index contributed by atoms with van der Waals surface area (Å²) in [6, 6.07) is 0. The molecule has 0 saturated carbocycles. The molecule has 1 heterocycles. The quantitative estimate of drug-likeness (QED) is 0.629. The van der Waals surface area contributed by atoms with Crippen LogP contribution in [0.15, 0.2) is 10.7 Å². The van der Waals surface area contributed by atoms with E-state index in [2.05, 4.69) is 4.98 Å². The first-order chi connectivity index (χ1) is 4.68. The van der Waals surface area contributed by atoms with Crippen LogP contribution < -0.4 is 4.74 Å². The van der Waals surface area contributed by atoms with Crippen LogP contribution >= 0.6 is 0 Å². The second-order valence-electron chi connectivity index (χ2n) is 2.42. The number of ether oxygens (including phenoxy) is 1. The lowest BCUT2D eigenvalue weighted by Crippen LogP contribution is -2.05. The van der Waals surface area contributed by atoms with Gasteiger partial charge in [0.15, 0.2) is 0 Å². The lowest BCUT2D eigenvalue weighted by molar-refractivity contribution is 0.176. The van der Waals surface area contributed by atoms with E-state index in [1.54, 1.807) is 6.26 Å². The highest BCUT2D eigenvalue weighted by molar-refractivity contribution is 4.96. The smallest absolute Gasteiger partial charge is 0.393 e. The molecule has 0 N–H and O–H groups in total. The van der Waals surface area contributed by atoms with Crippen LogP contribution in [0.1, 0.15) is 19.5 Å². The molecule has 0 bridgehead atoms. The molecule has 0 radical (unpaired) electrons. The summed E-state index contributed by atoms with van der Waals surface area (Å²) in [7, 11) is 0. The van der Waals surface area contributed by atoms with Gasteiger partial charge in [0.1, 0.15) is 6.26 Å². The van der Waals surface area contributed by atoms with E-state index >= 15 is 0 Å². The predicted octanol–water partition coefficient (Wildman–Crippen LogP) is 1.77. The van der Waals surface area contributed by atoms with Crippen LogP contribution in [-0.4, -0.2) is 11.1 Å². The van der Waals surface area contributed by atoms with Crippen LogP contribution in [0.5, 0.6) is 6.08 Å². The zero-order valence-electron chi connectivity index (χ0n) is 6.42. The van der Waals surface area contributed by atoms with Crippen LogP contribution in [-0.2, 0) is 0 Å². The summed E-state index contributed by atoms with van der Waals surface area (Å²) < 4.78 is 10.1. The Morgan fingerprint density at radius 3 is 2.70 bits per heavy atom. The minimum absolute atomic E-state index is 0.123. The molecule has 0 spiro atoms. The van der Waals surface area contributed by atoms with Gasteiger partial charge in [-0.3, -0.25) is 0 Å². The van der Waals surface area contributed by atoms with E-state index in [1.165, 1.54) is 0 Å². The highest BCUT2D eigenvalue weighted by Crippen LogP contribution is 2.10. The number of hydrogen-bond donors (Lipinski definition) is 0. The SMILES string of the molecule is Cc1coc(OC(C)C)n1. The van der Waals surface area contributed by atoms with Gasteiger partial charge in [0.25, 0.3) is 0 Å². The maximum atomic E-state index is 5.16. The Morgan fingerprint density at radius 1 is 1.60 bits per heavy atom. The van der Waals surface area contributed by atoms with Gasteiger partial charge in [-0.15, -0.1) is 0 Å². The predicted molar refractivity (Wildman–Crippen MR) is 37.0 cm³/mol. The van der Waals surface area contributed by atoms with E-state index in [0.717, 1.165) is 5.69 Å². The van der Waals surface area contributed by atoms with Gasteiger partial charge in [-0.25, -0.2) is 0 Å². The van der Waals surface area contributed by atoms with E-state index in [0.29, 0.717) is 6.08 Å². The minimum Gasteiger partial charge on any atom is -0.447 e. The first-order valence-electron chi connectivity index (χ1n) is 3.27. The number of hydrogen-bond acceptors (Lipinski definition) is 3. The molecule has 0 unspecified atom stereocenters. The van der Waals surface area contributed by atoms with E-state index < -0.39 is 0 Å². The fourth-order valence-corrected chi connectivity index (χ4v) is 0.588. The van der Waals surface area contributed by atoms with Gasteiger partial charge in [0, 0.05) is 0 Å². The average molecular weight is 141 g/mol. The van der Waals surface area contributed by atoms with Crippen LogP contribution in [0, 0.1) is 6.92 Å². The maximum absolute atomic E-state index is 5.16. The van der Waals surface area contributed by atoms with E-state index in [9.17, 15) is 0 Å². The Hall–Kier alpha value is -0.990. The topological polar surface area (TPSA) is 35.3 Å². The number of aryl methyl sites for hydroxylation is 1. The fraction of sp³-hybridized carbons (Fsp3) is 0.571. The Bertz CT molecular complexity index is 205. The zero-order chi connectivity index (χ0) is 7.56. The standard InChI is InChI=1S/C7H11NO2/c1-5(2)10-7-8-6(3)4-9-7/h4-5H,1-3H3. The van der Waals surface area contributed by atoms with Crippen molar-refractivity contribution in [3.05, 3.63) is 12.0 Å². The molecule has 3 nitrogen and oxygen atoms in total. The van der Waals surface area contributed by atoms with Crippen molar-refractivity contribution in [1.82, 2.24) is 4.98 Å². The number of rotatable bonds is 2. The highest BCUT2D eigenvalue weighted by atomic mass is 16.6. The molecule has 1 aromatic rings. The third kappa shape index (κ3) is 1.76. The molecule has 0 saturated heterocycles. The fourth-order valence-electron chi connectivity index (χ4n) is 0.588. The summed E-state index contributed by atoms with van der Waals surface area (Å²) in [5.41, 5.74) is 0.843. The monoisotopic (exact) mass is 141 g/mol. The second-order valence-corrected chi connectivity index (χ2v) is 2.42. The van der Waals surface area contributed by atoms with Crippen molar-refractivity contribution in [1.29, 1.82) is 0 Å². The van der Waals surface area contributed by atoms with E-state index in [1.807, 2.05) is 20.8 Å². The number of oxazole rings is 1. The van der Waals surface area contributed by atoms with Crippen molar-refractivity contribution in [3.63, 3.8) is 0 Å². The normalized spacial score (nSPS) is 10.4. The first kappa shape index (κ1) is 7.12. The molecule has 1 rings (SSSR count). The molecule has 0 atom stereocenters. The average Bonchev–Trinajstić information content (AvgIpc) is 2.13. The van der Waals surface area contributed by atoms with Crippen molar-refractivity contribution in [3.8, 4) is 6.08 Å². The molecule has 56 valence electrons. The van der Waals surface area contributed by atoms with Gasteiger partial charge >= 0.3 is 6.08 Å². The van der Waals surface area contributed by atoms with E-state index in [-0.39, 0.29) is 6.10 Å². The Morgan fingerprint density at radius 2 is 2.30 bits per heavy atom. The van der Waals surface area contributed by atoms with Crippen molar-refractivity contribution < 1.29 is 9.15 Å². The molecule has 10 heavy (non-hydrogen) atoms. The minimum atomic E-state index is 0.123. The molecule has 1 aromatic heterocycles. The van der Waals surface area contributed by atoms with Gasteiger partial charge in [0.05, 0.1) is 11.8 Å². The lowest BCUT2D eigenvalue weighted by Gasteiger charge is -2.02. The summed E-state index contributed by atoms with van der Waals surface area (Å²) in [6.45, 7) is 5.72. The molecule has 0 aliphatic carbocycles. The van der Waals surface area contributed by atoms with Crippen LogP contribution in [0.4, 0.5) is 0 Å². The second kappa shape index (κ2) is 2.73. The van der Waals surface area contributed by atoms with Crippen LogP contribution in [0.2, 0.25) is 0 Å². The molecule has 0 amide bonds. The van der Waals surface area contributed by atoms with Crippen molar-refractivity contribution >= 4 is 0 Å².